The average Bonchev–Trinajstić information content (AvgIpc) is 3.55. The zero-order valence-electron chi connectivity index (χ0n) is 20.9. The van der Waals surface area contributed by atoms with E-state index in [1.807, 2.05) is 55.5 Å². The summed E-state index contributed by atoms with van der Waals surface area (Å²) in [5, 5.41) is 3.79. The molecule has 2 heterocycles. The largest absolute Gasteiger partial charge is 0.465 e. The first-order valence-electron chi connectivity index (χ1n) is 12.3. The fourth-order valence-corrected chi connectivity index (χ4v) is 5.85. The van der Waals surface area contributed by atoms with Gasteiger partial charge in [-0.3, -0.25) is 4.79 Å². The highest BCUT2D eigenvalue weighted by Crippen LogP contribution is 2.40. The summed E-state index contributed by atoms with van der Waals surface area (Å²) in [4.78, 5) is 31.0. The number of hydrogen-bond acceptors (Lipinski definition) is 6. The van der Waals surface area contributed by atoms with Crippen LogP contribution < -0.4 is 5.32 Å². The lowest BCUT2D eigenvalue weighted by Crippen LogP contribution is -2.24. The number of fused-ring (bicyclic) bond motifs is 1. The van der Waals surface area contributed by atoms with E-state index in [0.29, 0.717) is 34.2 Å². The van der Waals surface area contributed by atoms with Gasteiger partial charge in [0, 0.05) is 17.0 Å². The topological polar surface area (TPSA) is 80.9 Å². The molecule has 2 aromatic heterocycles. The van der Waals surface area contributed by atoms with Crippen LogP contribution in [0.4, 0.5) is 5.00 Å². The Labute approximate surface area is 220 Å². The third kappa shape index (κ3) is 5.42. The van der Waals surface area contributed by atoms with Crippen molar-refractivity contribution in [1.82, 2.24) is 5.32 Å². The Morgan fingerprint density at radius 1 is 1.08 bits per heavy atom. The average molecular weight is 513 g/mol. The van der Waals surface area contributed by atoms with E-state index in [4.69, 9.17) is 14.1 Å². The van der Waals surface area contributed by atoms with Crippen molar-refractivity contribution in [3.8, 4) is 11.3 Å². The molecule has 0 aliphatic heterocycles. The molecule has 1 amide bonds. The predicted molar refractivity (Wildman–Crippen MR) is 146 cm³/mol. The number of carbonyl (C=O) groups excluding carboxylic acids is 2. The van der Waals surface area contributed by atoms with Crippen molar-refractivity contribution < 1.29 is 18.7 Å². The maximum Gasteiger partial charge on any atom is 0.337 e. The van der Waals surface area contributed by atoms with Gasteiger partial charge in [-0.05, 0) is 73.6 Å². The highest BCUT2D eigenvalue weighted by molar-refractivity contribution is 7.16. The number of rotatable bonds is 7. The van der Waals surface area contributed by atoms with Gasteiger partial charge in [0.1, 0.15) is 16.5 Å². The van der Waals surface area contributed by atoms with Crippen LogP contribution in [0.2, 0.25) is 0 Å². The van der Waals surface area contributed by atoms with Gasteiger partial charge in [-0.25, -0.2) is 9.79 Å². The second-order valence-corrected chi connectivity index (χ2v) is 10.1. The van der Waals surface area contributed by atoms with Crippen LogP contribution in [0, 0.1) is 6.92 Å². The zero-order valence-corrected chi connectivity index (χ0v) is 21.7. The molecule has 0 bridgehead atoms. The number of aliphatic imine (C=N–C) groups is 1. The van der Waals surface area contributed by atoms with Gasteiger partial charge < -0.3 is 14.5 Å². The van der Waals surface area contributed by atoms with Gasteiger partial charge in [0.15, 0.2) is 0 Å². The summed E-state index contributed by atoms with van der Waals surface area (Å²) in [6, 6.07) is 19.0. The molecule has 0 unspecified atom stereocenters. The second kappa shape index (κ2) is 11.0. The van der Waals surface area contributed by atoms with Crippen LogP contribution >= 0.6 is 11.3 Å². The summed E-state index contributed by atoms with van der Waals surface area (Å²) in [7, 11) is 1.37. The summed E-state index contributed by atoms with van der Waals surface area (Å²) in [5.41, 5.74) is 5.17. The van der Waals surface area contributed by atoms with Crippen LogP contribution in [0.25, 0.3) is 11.3 Å². The second-order valence-electron chi connectivity index (χ2n) is 9.04. The molecule has 1 aliphatic carbocycles. The third-order valence-electron chi connectivity index (χ3n) is 6.52. The number of thiophene rings is 1. The highest BCUT2D eigenvalue weighted by Gasteiger charge is 2.25. The molecule has 2 aromatic carbocycles. The van der Waals surface area contributed by atoms with E-state index in [1.165, 1.54) is 12.0 Å². The summed E-state index contributed by atoms with van der Waals surface area (Å²) in [5.74, 6) is 0.816. The van der Waals surface area contributed by atoms with Crippen LogP contribution in [0.3, 0.4) is 0 Å². The highest BCUT2D eigenvalue weighted by atomic mass is 32.1. The lowest BCUT2D eigenvalue weighted by molar-refractivity contribution is 0.0600. The number of nitrogens with zero attached hydrogens (tertiary/aromatic N) is 1. The van der Waals surface area contributed by atoms with E-state index < -0.39 is 0 Å². The van der Waals surface area contributed by atoms with Crippen molar-refractivity contribution in [1.29, 1.82) is 0 Å². The molecule has 0 spiro atoms. The molecule has 6 nitrogen and oxygen atoms in total. The Morgan fingerprint density at radius 2 is 1.89 bits per heavy atom. The van der Waals surface area contributed by atoms with Crippen LogP contribution in [-0.2, 0) is 24.1 Å². The van der Waals surface area contributed by atoms with Crippen LogP contribution in [-0.4, -0.2) is 25.2 Å². The molecular formula is C30H28N2O4S. The Hall–Kier alpha value is -3.97. The number of furan rings is 1. The number of ether oxygens (including phenoxy) is 1. The fourth-order valence-electron chi connectivity index (χ4n) is 4.62. The van der Waals surface area contributed by atoms with Crippen molar-refractivity contribution >= 4 is 34.4 Å². The number of esters is 1. The van der Waals surface area contributed by atoms with Gasteiger partial charge in [0.05, 0.1) is 24.5 Å². The molecular weight excluding hydrogens is 484 g/mol. The van der Waals surface area contributed by atoms with E-state index in [9.17, 15) is 9.59 Å². The first-order chi connectivity index (χ1) is 18.0. The number of hydrogen-bond donors (Lipinski definition) is 1. The monoisotopic (exact) mass is 512 g/mol. The van der Waals surface area contributed by atoms with E-state index in [1.54, 1.807) is 29.7 Å². The lowest BCUT2D eigenvalue weighted by Gasteiger charge is -2.12. The molecule has 0 fully saturated rings. The minimum atomic E-state index is -0.371. The number of aryl methyl sites for hydroxylation is 2. The number of carbonyl (C=O) groups is 2. The van der Waals surface area contributed by atoms with Gasteiger partial charge in [0.25, 0.3) is 5.91 Å². The maximum atomic E-state index is 13.3. The smallest absolute Gasteiger partial charge is 0.337 e. The van der Waals surface area contributed by atoms with Gasteiger partial charge in [-0.2, -0.15) is 0 Å². The number of amides is 1. The summed E-state index contributed by atoms with van der Waals surface area (Å²) < 4.78 is 10.8. The first kappa shape index (κ1) is 24.7. The van der Waals surface area contributed by atoms with Crippen molar-refractivity contribution in [3.63, 3.8) is 0 Å². The summed E-state index contributed by atoms with van der Waals surface area (Å²) in [6.45, 7) is 2.40. The fraction of sp³-hybridized carbons (Fsp3) is 0.233. The van der Waals surface area contributed by atoms with E-state index in [0.717, 1.165) is 47.9 Å². The van der Waals surface area contributed by atoms with Gasteiger partial charge >= 0.3 is 5.97 Å². The van der Waals surface area contributed by atoms with Crippen LogP contribution in [0.15, 0.2) is 70.1 Å². The predicted octanol–water partition coefficient (Wildman–Crippen LogP) is 6.66. The minimum Gasteiger partial charge on any atom is -0.465 e. The van der Waals surface area contributed by atoms with E-state index in [-0.39, 0.29) is 11.9 Å². The standard InChI is InChI=1S/C30H28N2O4S/c1-19-16-21(30(34)35-2)12-14-23(19)25-15-13-22(36-25)18-32-29-27(24-10-6-7-11-26(24)37-29)28(33)31-17-20-8-4-3-5-9-20/h3-5,8-9,12-16,18H,6-7,10-11,17H2,1-2H3,(H,31,33). The Bertz CT molecular complexity index is 1470. The van der Waals surface area contributed by atoms with Gasteiger partial charge in [-0.1, -0.05) is 36.4 Å². The molecule has 0 radical (unpaired) electrons. The van der Waals surface area contributed by atoms with Crippen LogP contribution in [0.5, 0.6) is 0 Å². The molecule has 7 heteroatoms. The lowest BCUT2D eigenvalue weighted by atomic mass is 9.95. The van der Waals surface area contributed by atoms with E-state index in [2.05, 4.69) is 5.32 Å². The summed E-state index contributed by atoms with van der Waals surface area (Å²) >= 11 is 1.60. The third-order valence-corrected chi connectivity index (χ3v) is 7.72. The zero-order chi connectivity index (χ0) is 25.8. The number of nitrogens with one attached hydrogen (secondary N) is 1. The minimum absolute atomic E-state index is 0.0862. The number of benzene rings is 2. The molecule has 0 saturated heterocycles. The molecule has 0 atom stereocenters. The van der Waals surface area contributed by atoms with Crippen LogP contribution in [0.1, 0.15) is 60.9 Å². The molecule has 5 rings (SSSR count). The molecule has 188 valence electrons. The SMILES string of the molecule is COC(=O)c1ccc(-c2ccc(C=Nc3sc4c(c3C(=O)NCc3ccccc3)CCCC4)o2)c(C)c1. The summed E-state index contributed by atoms with van der Waals surface area (Å²) in [6.07, 6.45) is 5.78. The molecule has 1 aliphatic rings. The molecule has 37 heavy (non-hydrogen) atoms. The first-order valence-corrected chi connectivity index (χ1v) is 13.1. The normalized spacial score (nSPS) is 12.9. The van der Waals surface area contributed by atoms with Crippen molar-refractivity contribution in [2.75, 3.05) is 7.11 Å². The Kier molecular flexibility index (Phi) is 7.32. The Morgan fingerprint density at radius 3 is 2.68 bits per heavy atom. The van der Waals surface area contributed by atoms with Crippen molar-refractivity contribution in [3.05, 3.63) is 99.1 Å². The van der Waals surface area contributed by atoms with E-state index >= 15 is 0 Å². The quantitative estimate of drug-likeness (QED) is 0.222. The Balaban J connectivity index is 1.38. The number of methoxy groups -OCH3 is 1. The maximum absolute atomic E-state index is 13.3. The molecule has 1 N–H and O–H groups in total. The van der Waals surface area contributed by atoms with Gasteiger partial charge in [-0.15, -0.1) is 11.3 Å². The van der Waals surface area contributed by atoms with Crippen molar-refractivity contribution in [2.24, 2.45) is 4.99 Å². The molecule has 4 aromatic rings. The van der Waals surface area contributed by atoms with Gasteiger partial charge in [0.2, 0.25) is 0 Å². The van der Waals surface area contributed by atoms with Crippen molar-refractivity contribution in [2.45, 2.75) is 39.2 Å². The molecule has 0 saturated carbocycles.